The van der Waals surface area contributed by atoms with Crippen LogP contribution in [0.25, 0.3) is 17.0 Å². The number of methoxy groups -OCH3 is 1. The van der Waals surface area contributed by atoms with E-state index in [2.05, 4.69) is 10.4 Å². The van der Waals surface area contributed by atoms with Gasteiger partial charge in [0.15, 0.2) is 11.6 Å². The zero-order chi connectivity index (χ0) is 17.8. The highest BCUT2D eigenvalue weighted by molar-refractivity contribution is 6.02. The molecule has 0 saturated carbocycles. The number of carbonyl (C=O) groups excluding carboxylic acids is 1. The number of anilines is 1. The second kappa shape index (κ2) is 7.17. The Morgan fingerprint density at radius 3 is 2.88 bits per heavy atom. The molecule has 0 fully saturated rings. The molecule has 0 aliphatic rings. The predicted molar refractivity (Wildman–Crippen MR) is 96.0 cm³/mol. The van der Waals surface area contributed by atoms with Crippen LogP contribution in [0.2, 0.25) is 0 Å². The van der Waals surface area contributed by atoms with Crippen molar-refractivity contribution in [3.05, 3.63) is 60.1 Å². The van der Waals surface area contributed by atoms with Gasteiger partial charge in [-0.2, -0.15) is 5.10 Å². The van der Waals surface area contributed by atoms with Crippen molar-refractivity contribution in [2.45, 2.75) is 13.5 Å². The molecule has 25 heavy (non-hydrogen) atoms. The summed E-state index contributed by atoms with van der Waals surface area (Å²) in [4.78, 5) is 12.0. The van der Waals surface area contributed by atoms with Crippen LogP contribution in [0.5, 0.6) is 5.75 Å². The van der Waals surface area contributed by atoms with Crippen molar-refractivity contribution in [2.24, 2.45) is 0 Å². The molecule has 1 amide bonds. The third-order valence-corrected chi connectivity index (χ3v) is 3.75. The molecule has 0 radical (unpaired) electrons. The molecule has 0 aliphatic carbocycles. The molecule has 0 bridgehead atoms. The summed E-state index contributed by atoms with van der Waals surface area (Å²) in [6.07, 6.45) is 4.86. The molecule has 6 heteroatoms. The number of halogens is 1. The second-order valence-corrected chi connectivity index (χ2v) is 5.47. The zero-order valence-corrected chi connectivity index (χ0v) is 14.0. The predicted octanol–water partition coefficient (Wildman–Crippen LogP) is 3.86. The average Bonchev–Trinajstić information content (AvgIpc) is 3.02. The minimum Gasteiger partial charge on any atom is -0.494 e. The Hall–Kier alpha value is -3.15. The van der Waals surface area contributed by atoms with E-state index in [1.54, 1.807) is 12.1 Å². The highest BCUT2D eigenvalue weighted by Gasteiger charge is 2.04. The lowest BCUT2D eigenvalue weighted by atomic mass is 10.2. The molecule has 0 atom stereocenters. The van der Waals surface area contributed by atoms with E-state index in [-0.39, 0.29) is 11.7 Å². The SMILES string of the molecule is CCn1cc2ccc(NC(=O)C=Cc3ccc(OC)c(F)c3)cc2n1. The first-order valence-electron chi connectivity index (χ1n) is 7.89. The zero-order valence-electron chi connectivity index (χ0n) is 14.0. The molecule has 3 rings (SSSR count). The summed E-state index contributed by atoms with van der Waals surface area (Å²) >= 11 is 0. The number of fused-ring (bicyclic) bond motifs is 1. The number of amides is 1. The second-order valence-electron chi connectivity index (χ2n) is 5.47. The van der Waals surface area contributed by atoms with Crippen molar-refractivity contribution in [2.75, 3.05) is 12.4 Å². The van der Waals surface area contributed by atoms with Gasteiger partial charge in [-0.15, -0.1) is 0 Å². The van der Waals surface area contributed by atoms with Crippen LogP contribution in [0, 0.1) is 5.82 Å². The monoisotopic (exact) mass is 339 g/mol. The van der Waals surface area contributed by atoms with Crippen molar-refractivity contribution in [1.29, 1.82) is 0 Å². The first-order chi connectivity index (χ1) is 12.1. The van der Waals surface area contributed by atoms with E-state index >= 15 is 0 Å². The maximum atomic E-state index is 13.6. The third kappa shape index (κ3) is 3.85. The van der Waals surface area contributed by atoms with Gasteiger partial charge in [0, 0.05) is 29.9 Å². The molecule has 2 aromatic carbocycles. The number of aryl methyl sites for hydroxylation is 1. The highest BCUT2D eigenvalue weighted by atomic mass is 19.1. The van der Waals surface area contributed by atoms with Crippen molar-refractivity contribution in [3.63, 3.8) is 0 Å². The van der Waals surface area contributed by atoms with Crippen LogP contribution in [0.4, 0.5) is 10.1 Å². The number of benzene rings is 2. The van der Waals surface area contributed by atoms with Gasteiger partial charge in [0.05, 0.1) is 12.6 Å². The number of carbonyl (C=O) groups is 1. The van der Waals surface area contributed by atoms with E-state index in [4.69, 9.17) is 4.74 Å². The lowest BCUT2D eigenvalue weighted by Crippen LogP contribution is -2.07. The molecule has 0 aliphatic heterocycles. The fourth-order valence-corrected chi connectivity index (χ4v) is 2.45. The molecular formula is C19H18FN3O2. The number of nitrogens with zero attached hydrogens (tertiary/aromatic N) is 2. The highest BCUT2D eigenvalue weighted by Crippen LogP contribution is 2.19. The summed E-state index contributed by atoms with van der Waals surface area (Å²) in [5.74, 6) is -0.603. The van der Waals surface area contributed by atoms with Gasteiger partial charge in [0.2, 0.25) is 5.91 Å². The van der Waals surface area contributed by atoms with E-state index in [0.29, 0.717) is 11.3 Å². The average molecular weight is 339 g/mol. The quantitative estimate of drug-likeness (QED) is 0.718. The van der Waals surface area contributed by atoms with Gasteiger partial charge < -0.3 is 10.1 Å². The molecule has 1 N–H and O–H groups in total. The van der Waals surface area contributed by atoms with E-state index < -0.39 is 5.82 Å². The van der Waals surface area contributed by atoms with Crippen LogP contribution in [0.1, 0.15) is 12.5 Å². The van der Waals surface area contributed by atoms with E-state index in [0.717, 1.165) is 17.4 Å². The lowest BCUT2D eigenvalue weighted by molar-refractivity contribution is -0.111. The minimum atomic E-state index is -0.470. The van der Waals surface area contributed by atoms with Crippen molar-refractivity contribution in [1.82, 2.24) is 9.78 Å². The number of aromatic nitrogens is 2. The minimum absolute atomic E-state index is 0.168. The molecule has 0 saturated heterocycles. The Balaban J connectivity index is 1.70. The Bertz CT molecular complexity index is 947. The van der Waals surface area contributed by atoms with Gasteiger partial charge in [-0.05, 0) is 48.9 Å². The molecule has 1 heterocycles. The van der Waals surface area contributed by atoms with Crippen LogP contribution >= 0.6 is 0 Å². The molecular weight excluding hydrogens is 321 g/mol. The fourth-order valence-electron chi connectivity index (χ4n) is 2.45. The van der Waals surface area contributed by atoms with Crippen LogP contribution < -0.4 is 10.1 Å². The first kappa shape index (κ1) is 16.7. The Kier molecular flexibility index (Phi) is 4.79. The fraction of sp³-hybridized carbons (Fsp3) is 0.158. The molecule has 1 aromatic heterocycles. The van der Waals surface area contributed by atoms with Gasteiger partial charge in [0.25, 0.3) is 0 Å². The number of ether oxygens (including phenoxy) is 1. The van der Waals surface area contributed by atoms with Crippen LogP contribution in [-0.4, -0.2) is 22.8 Å². The standard InChI is InChI=1S/C19H18FN3O2/c1-3-23-12-14-6-7-15(11-17(14)22-23)21-19(24)9-5-13-4-8-18(25-2)16(20)10-13/h4-12H,3H2,1-2H3,(H,21,24). The summed E-state index contributed by atoms with van der Waals surface area (Å²) in [6.45, 7) is 2.80. The van der Waals surface area contributed by atoms with Crippen molar-refractivity contribution >= 4 is 28.6 Å². The number of rotatable bonds is 5. The topological polar surface area (TPSA) is 56.2 Å². The van der Waals surface area contributed by atoms with E-state index in [9.17, 15) is 9.18 Å². The molecule has 5 nitrogen and oxygen atoms in total. The van der Waals surface area contributed by atoms with Gasteiger partial charge >= 0.3 is 0 Å². The third-order valence-electron chi connectivity index (χ3n) is 3.75. The Morgan fingerprint density at radius 2 is 2.16 bits per heavy atom. The van der Waals surface area contributed by atoms with E-state index in [1.807, 2.05) is 36.0 Å². The van der Waals surface area contributed by atoms with Gasteiger partial charge in [-0.1, -0.05) is 6.07 Å². The van der Waals surface area contributed by atoms with Crippen LogP contribution in [-0.2, 0) is 11.3 Å². The normalized spacial score (nSPS) is 11.2. The summed E-state index contributed by atoms with van der Waals surface area (Å²) in [6, 6.07) is 10.1. The first-order valence-corrected chi connectivity index (χ1v) is 7.89. The van der Waals surface area contributed by atoms with E-state index in [1.165, 1.54) is 25.3 Å². The van der Waals surface area contributed by atoms with Crippen LogP contribution in [0.3, 0.4) is 0 Å². The summed E-state index contributed by atoms with van der Waals surface area (Å²) in [5, 5.41) is 8.21. The molecule has 0 spiro atoms. The van der Waals surface area contributed by atoms with Crippen molar-refractivity contribution < 1.29 is 13.9 Å². The van der Waals surface area contributed by atoms with Gasteiger partial charge in [-0.25, -0.2) is 4.39 Å². The maximum Gasteiger partial charge on any atom is 0.248 e. The maximum absolute atomic E-state index is 13.6. The Labute approximate surface area is 144 Å². The molecule has 3 aromatic rings. The largest absolute Gasteiger partial charge is 0.494 e. The summed E-state index contributed by atoms with van der Waals surface area (Å²) < 4.78 is 20.3. The van der Waals surface area contributed by atoms with Crippen molar-refractivity contribution in [3.8, 4) is 5.75 Å². The smallest absolute Gasteiger partial charge is 0.248 e. The lowest BCUT2D eigenvalue weighted by Gasteiger charge is -2.03. The number of hydrogen-bond acceptors (Lipinski definition) is 3. The molecule has 0 unspecified atom stereocenters. The summed E-state index contributed by atoms with van der Waals surface area (Å²) in [5.41, 5.74) is 2.05. The van der Waals surface area contributed by atoms with Gasteiger partial charge in [-0.3, -0.25) is 9.48 Å². The summed E-state index contributed by atoms with van der Waals surface area (Å²) in [7, 11) is 1.40. The Morgan fingerprint density at radius 1 is 1.32 bits per heavy atom. The number of nitrogens with one attached hydrogen (secondary N) is 1. The van der Waals surface area contributed by atoms with Gasteiger partial charge in [0.1, 0.15) is 0 Å². The molecule has 128 valence electrons. The van der Waals surface area contributed by atoms with Crippen LogP contribution in [0.15, 0.2) is 48.7 Å². The number of hydrogen-bond donors (Lipinski definition) is 1.